The van der Waals surface area contributed by atoms with Crippen LogP contribution in [-0.4, -0.2) is 15.9 Å². The van der Waals surface area contributed by atoms with Gasteiger partial charge in [0.05, 0.1) is 17.4 Å². The summed E-state index contributed by atoms with van der Waals surface area (Å²) in [6, 6.07) is 15.3. The molecule has 0 atom stereocenters. The molecule has 0 aliphatic rings. The number of hydrazone groups is 1. The second kappa shape index (κ2) is 5.09. The molecular weight excluding hydrogens is 250 g/mol. The van der Waals surface area contributed by atoms with Crippen molar-refractivity contribution in [3.63, 3.8) is 0 Å². The molecule has 1 aromatic heterocycles. The Morgan fingerprint density at radius 2 is 1.90 bits per heavy atom. The predicted molar refractivity (Wildman–Crippen MR) is 82.2 cm³/mol. The summed E-state index contributed by atoms with van der Waals surface area (Å²) in [5.41, 5.74) is 5.69. The molecule has 0 amide bonds. The summed E-state index contributed by atoms with van der Waals surface area (Å²) in [7, 11) is 1.91. The Kier molecular flexibility index (Phi) is 3.13. The van der Waals surface area contributed by atoms with E-state index in [9.17, 15) is 5.11 Å². The lowest BCUT2D eigenvalue weighted by Gasteiger charge is -1.98. The zero-order valence-corrected chi connectivity index (χ0v) is 11.1. The number of phenolic OH excluding ortho intramolecular Hbond substituents is 1. The molecule has 4 heteroatoms. The van der Waals surface area contributed by atoms with Crippen LogP contribution >= 0.6 is 0 Å². The van der Waals surface area contributed by atoms with E-state index in [-0.39, 0.29) is 5.75 Å². The highest BCUT2D eigenvalue weighted by Gasteiger charge is 2.07. The van der Waals surface area contributed by atoms with Crippen LogP contribution in [0.4, 0.5) is 5.69 Å². The maximum Gasteiger partial charge on any atom is 0.139 e. The van der Waals surface area contributed by atoms with Gasteiger partial charge in [-0.15, -0.1) is 0 Å². The number of benzene rings is 2. The standard InChI is InChI=1S/C16H15N3O/c1-19-11-12(14-8-5-9-15(20)16(14)19)10-17-18-13-6-3-2-4-7-13/h2-11,18,20H,1H3/b17-10+. The molecule has 0 unspecified atom stereocenters. The molecule has 4 nitrogen and oxygen atoms in total. The normalized spacial score (nSPS) is 11.2. The van der Waals surface area contributed by atoms with E-state index >= 15 is 0 Å². The quantitative estimate of drug-likeness (QED) is 0.563. The van der Waals surface area contributed by atoms with Gasteiger partial charge in [-0.3, -0.25) is 5.43 Å². The lowest BCUT2D eigenvalue weighted by atomic mass is 10.2. The molecule has 0 saturated heterocycles. The molecule has 0 spiro atoms. The maximum absolute atomic E-state index is 9.89. The molecule has 20 heavy (non-hydrogen) atoms. The number of nitrogens with zero attached hydrogens (tertiary/aromatic N) is 2. The van der Waals surface area contributed by atoms with Crippen LogP contribution in [0.3, 0.4) is 0 Å². The van der Waals surface area contributed by atoms with Crippen LogP contribution in [0.2, 0.25) is 0 Å². The van der Waals surface area contributed by atoms with Crippen molar-refractivity contribution in [2.45, 2.75) is 0 Å². The van der Waals surface area contributed by atoms with Crippen LogP contribution in [-0.2, 0) is 7.05 Å². The van der Waals surface area contributed by atoms with Gasteiger partial charge in [0.15, 0.2) is 0 Å². The van der Waals surface area contributed by atoms with E-state index in [1.165, 1.54) is 0 Å². The number of rotatable bonds is 3. The van der Waals surface area contributed by atoms with Gasteiger partial charge in [0.1, 0.15) is 5.75 Å². The number of para-hydroxylation sites is 2. The zero-order valence-electron chi connectivity index (χ0n) is 11.1. The predicted octanol–water partition coefficient (Wildman–Crippen LogP) is 3.33. The van der Waals surface area contributed by atoms with Crippen LogP contribution in [0.25, 0.3) is 10.9 Å². The van der Waals surface area contributed by atoms with Crippen molar-refractivity contribution in [1.82, 2.24) is 4.57 Å². The number of aromatic hydroxyl groups is 1. The molecule has 100 valence electrons. The lowest BCUT2D eigenvalue weighted by Crippen LogP contribution is -1.89. The number of hydrogen-bond acceptors (Lipinski definition) is 3. The van der Waals surface area contributed by atoms with E-state index in [0.717, 1.165) is 22.2 Å². The first-order chi connectivity index (χ1) is 9.75. The highest BCUT2D eigenvalue weighted by Crippen LogP contribution is 2.27. The Morgan fingerprint density at radius 3 is 2.70 bits per heavy atom. The smallest absolute Gasteiger partial charge is 0.139 e. The first-order valence-electron chi connectivity index (χ1n) is 6.37. The van der Waals surface area contributed by atoms with Gasteiger partial charge in [0.2, 0.25) is 0 Å². The minimum absolute atomic E-state index is 0.278. The van der Waals surface area contributed by atoms with Crippen molar-refractivity contribution < 1.29 is 5.11 Å². The van der Waals surface area contributed by atoms with Gasteiger partial charge >= 0.3 is 0 Å². The van der Waals surface area contributed by atoms with Crippen LogP contribution < -0.4 is 5.43 Å². The third-order valence-electron chi connectivity index (χ3n) is 3.18. The van der Waals surface area contributed by atoms with E-state index in [4.69, 9.17) is 0 Å². The fraction of sp³-hybridized carbons (Fsp3) is 0.0625. The van der Waals surface area contributed by atoms with Crippen molar-refractivity contribution in [3.8, 4) is 5.75 Å². The van der Waals surface area contributed by atoms with E-state index in [0.29, 0.717) is 0 Å². The van der Waals surface area contributed by atoms with E-state index < -0.39 is 0 Å². The highest BCUT2D eigenvalue weighted by molar-refractivity contribution is 6.01. The van der Waals surface area contributed by atoms with Crippen LogP contribution in [0.5, 0.6) is 5.75 Å². The Hall–Kier alpha value is -2.75. The average molecular weight is 265 g/mol. The van der Waals surface area contributed by atoms with Gasteiger partial charge in [0.25, 0.3) is 0 Å². The summed E-state index contributed by atoms with van der Waals surface area (Å²) in [6.45, 7) is 0. The molecule has 3 aromatic rings. The highest BCUT2D eigenvalue weighted by atomic mass is 16.3. The van der Waals surface area contributed by atoms with Crippen LogP contribution in [0, 0.1) is 0 Å². The SMILES string of the molecule is Cn1cc(/C=N/Nc2ccccc2)c2cccc(O)c21. The fourth-order valence-electron chi connectivity index (χ4n) is 2.27. The van der Waals surface area contributed by atoms with Crippen molar-refractivity contribution >= 4 is 22.8 Å². The van der Waals surface area contributed by atoms with Gasteiger partial charge in [-0.2, -0.15) is 5.10 Å². The second-order valence-electron chi connectivity index (χ2n) is 4.60. The van der Waals surface area contributed by atoms with E-state index in [1.54, 1.807) is 12.3 Å². The molecule has 0 bridgehead atoms. The summed E-state index contributed by atoms with van der Waals surface area (Å²) >= 11 is 0. The molecule has 2 aromatic carbocycles. The average Bonchev–Trinajstić information content (AvgIpc) is 2.78. The molecule has 0 aliphatic carbocycles. The van der Waals surface area contributed by atoms with E-state index in [1.807, 2.05) is 60.3 Å². The molecule has 0 saturated carbocycles. The number of fused-ring (bicyclic) bond motifs is 1. The van der Waals surface area contributed by atoms with Crippen molar-refractivity contribution in [2.24, 2.45) is 12.1 Å². The number of anilines is 1. The largest absolute Gasteiger partial charge is 0.506 e. The molecule has 1 heterocycles. The summed E-state index contributed by atoms with van der Waals surface area (Å²) < 4.78 is 1.90. The van der Waals surface area contributed by atoms with Gasteiger partial charge in [-0.1, -0.05) is 30.3 Å². The zero-order chi connectivity index (χ0) is 13.9. The first-order valence-corrected chi connectivity index (χ1v) is 6.37. The number of aromatic nitrogens is 1. The van der Waals surface area contributed by atoms with Crippen LogP contribution in [0.15, 0.2) is 59.8 Å². The topological polar surface area (TPSA) is 49.5 Å². The van der Waals surface area contributed by atoms with Crippen molar-refractivity contribution in [1.29, 1.82) is 0 Å². The van der Waals surface area contributed by atoms with Crippen LogP contribution in [0.1, 0.15) is 5.56 Å². The number of hydrogen-bond donors (Lipinski definition) is 2. The third kappa shape index (κ3) is 2.23. The molecule has 0 radical (unpaired) electrons. The molecule has 0 fully saturated rings. The summed E-state index contributed by atoms with van der Waals surface area (Å²) in [6.07, 6.45) is 3.70. The van der Waals surface area contributed by atoms with Gasteiger partial charge in [-0.05, 0) is 18.2 Å². The van der Waals surface area contributed by atoms with Gasteiger partial charge < -0.3 is 9.67 Å². The number of nitrogens with one attached hydrogen (secondary N) is 1. The lowest BCUT2D eigenvalue weighted by molar-refractivity contribution is 0.479. The molecular formula is C16H15N3O. The Morgan fingerprint density at radius 1 is 1.10 bits per heavy atom. The second-order valence-corrected chi connectivity index (χ2v) is 4.60. The maximum atomic E-state index is 9.89. The summed E-state index contributed by atoms with van der Waals surface area (Å²) in [5, 5.41) is 15.1. The number of phenols is 1. The third-order valence-corrected chi connectivity index (χ3v) is 3.18. The molecule has 0 aliphatic heterocycles. The number of aryl methyl sites for hydroxylation is 1. The molecule has 3 rings (SSSR count). The van der Waals surface area contributed by atoms with Gasteiger partial charge in [-0.25, -0.2) is 0 Å². The Labute approximate surface area is 117 Å². The monoisotopic (exact) mass is 265 g/mol. The fourth-order valence-corrected chi connectivity index (χ4v) is 2.27. The van der Waals surface area contributed by atoms with E-state index in [2.05, 4.69) is 10.5 Å². The Balaban J connectivity index is 1.90. The van der Waals surface area contributed by atoms with Gasteiger partial charge in [0, 0.05) is 24.2 Å². The van der Waals surface area contributed by atoms with Crippen molar-refractivity contribution in [2.75, 3.05) is 5.43 Å². The minimum atomic E-state index is 0.278. The Bertz CT molecular complexity index is 760. The summed E-state index contributed by atoms with van der Waals surface area (Å²) in [5.74, 6) is 0.278. The summed E-state index contributed by atoms with van der Waals surface area (Å²) in [4.78, 5) is 0. The van der Waals surface area contributed by atoms with Crippen molar-refractivity contribution in [3.05, 3.63) is 60.3 Å². The molecule has 2 N–H and O–H groups in total. The first kappa shape index (κ1) is 12.3. The minimum Gasteiger partial charge on any atom is -0.506 e.